The van der Waals surface area contributed by atoms with E-state index in [1.165, 1.54) is 0 Å². The minimum atomic E-state index is 0.187. The summed E-state index contributed by atoms with van der Waals surface area (Å²) in [4.78, 5) is 17.7. The Morgan fingerprint density at radius 1 is 1.36 bits per heavy atom. The average molecular weight is 193 g/mol. The molecule has 1 aliphatic heterocycles. The molecule has 0 saturated carbocycles. The number of hydrogen-bond donors (Lipinski definition) is 0. The molecule has 4 heteroatoms. The molecule has 0 atom stereocenters. The Hall–Kier alpha value is -1.32. The number of rotatable bonds is 0. The van der Waals surface area contributed by atoms with Crippen LogP contribution in [0.2, 0.25) is 0 Å². The summed E-state index contributed by atoms with van der Waals surface area (Å²) in [6.45, 7) is 4.84. The Morgan fingerprint density at radius 2 is 2.07 bits per heavy atom. The molecule has 0 saturated heterocycles. The zero-order chi connectivity index (χ0) is 10.3. The van der Waals surface area contributed by atoms with E-state index in [-0.39, 0.29) is 5.91 Å². The summed E-state index contributed by atoms with van der Waals surface area (Å²) in [5.74, 6) is 2.15. The quantitative estimate of drug-likeness (QED) is 0.622. The van der Waals surface area contributed by atoms with Crippen LogP contribution in [0.5, 0.6) is 0 Å². The number of hydrogen-bond acceptors (Lipinski definition) is 2. The van der Waals surface area contributed by atoms with Gasteiger partial charge in [0.15, 0.2) is 0 Å². The van der Waals surface area contributed by atoms with Gasteiger partial charge in [-0.25, -0.2) is 4.98 Å². The summed E-state index contributed by atoms with van der Waals surface area (Å²) in [5, 5.41) is 0. The zero-order valence-electron chi connectivity index (χ0n) is 8.87. The summed E-state index contributed by atoms with van der Waals surface area (Å²) in [5.41, 5.74) is 0.945. The average Bonchev–Trinajstić information content (AvgIpc) is 2.29. The smallest absolute Gasteiger partial charge is 0.227 e. The van der Waals surface area contributed by atoms with E-state index in [0.717, 1.165) is 30.3 Å². The summed E-state index contributed by atoms with van der Waals surface area (Å²) in [6.07, 6.45) is 1.55. The molecular weight excluding hydrogens is 178 g/mol. The summed E-state index contributed by atoms with van der Waals surface area (Å²) >= 11 is 0. The normalized spacial score (nSPS) is 16.8. The second-order valence-corrected chi connectivity index (χ2v) is 3.78. The van der Waals surface area contributed by atoms with Crippen molar-refractivity contribution < 1.29 is 4.79 Å². The fourth-order valence-corrected chi connectivity index (χ4v) is 2.07. The van der Waals surface area contributed by atoms with Crippen LogP contribution in [0.15, 0.2) is 0 Å². The van der Waals surface area contributed by atoms with Gasteiger partial charge < -0.3 is 4.57 Å². The van der Waals surface area contributed by atoms with Crippen LogP contribution in [0, 0.1) is 13.8 Å². The van der Waals surface area contributed by atoms with Crippen molar-refractivity contribution in [3.05, 3.63) is 11.5 Å². The molecule has 0 radical (unpaired) electrons. The number of aryl methyl sites for hydroxylation is 2. The van der Waals surface area contributed by atoms with Gasteiger partial charge in [-0.05, 0) is 20.3 Å². The first-order valence-corrected chi connectivity index (χ1v) is 4.91. The molecule has 14 heavy (non-hydrogen) atoms. The standard InChI is InChI=1S/C10H15N3O/c1-7-10-12(3)9(14)5-4-6-13(10)8(2)11-7/h4-6H2,1-3H3. The Morgan fingerprint density at radius 3 is 2.79 bits per heavy atom. The molecule has 0 fully saturated rings. The van der Waals surface area contributed by atoms with Crippen LogP contribution >= 0.6 is 0 Å². The third-order valence-corrected chi connectivity index (χ3v) is 2.76. The number of carbonyl (C=O) groups is 1. The van der Waals surface area contributed by atoms with Crippen molar-refractivity contribution in [2.75, 3.05) is 11.9 Å². The van der Waals surface area contributed by atoms with Crippen molar-refractivity contribution in [3.8, 4) is 0 Å². The van der Waals surface area contributed by atoms with Crippen LogP contribution < -0.4 is 4.90 Å². The van der Waals surface area contributed by atoms with Crippen molar-refractivity contribution in [3.63, 3.8) is 0 Å². The van der Waals surface area contributed by atoms with Gasteiger partial charge in [0, 0.05) is 20.0 Å². The van der Waals surface area contributed by atoms with Gasteiger partial charge in [-0.3, -0.25) is 9.69 Å². The van der Waals surface area contributed by atoms with Gasteiger partial charge in [0.2, 0.25) is 5.91 Å². The Kier molecular flexibility index (Phi) is 2.06. The molecule has 2 rings (SSSR count). The Balaban J connectivity index is 2.56. The van der Waals surface area contributed by atoms with Gasteiger partial charge in [-0.2, -0.15) is 0 Å². The SMILES string of the molecule is Cc1nc(C)n2c1N(C)C(=O)CCC2. The minimum absolute atomic E-state index is 0.187. The van der Waals surface area contributed by atoms with E-state index in [4.69, 9.17) is 0 Å². The third kappa shape index (κ3) is 1.22. The molecule has 4 nitrogen and oxygen atoms in total. The molecule has 1 aliphatic rings. The first-order chi connectivity index (χ1) is 6.61. The van der Waals surface area contributed by atoms with E-state index in [1.807, 2.05) is 20.9 Å². The lowest BCUT2D eigenvalue weighted by Gasteiger charge is -2.16. The molecule has 1 aromatic rings. The highest BCUT2D eigenvalue weighted by Crippen LogP contribution is 2.24. The summed E-state index contributed by atoms with van der Waals surface area (Å²) < 4.78 is 2.13. The first-order valence-electron chi connectivity index (χ1n) is 4.91. The maximum atomic E-state index is 11.6. The molecule has 76 valence electrons. The molecule has 0 spiro atoms. The van der Waals surface area contributed by atoms with Crippen LogP contribution in [0.3, 0.4) is 0 Å². The predicted octanol–water partition coefficient (Wildman–Crippen LogP) is 1.26. The molecule has 1 amide bonds. The fourth-order valence-electron chi connectivity index (χ4n) is 2.07. The zero-order valence-corrected chi connectivity index (χ0v) is 8.87. The van der Waals surface area contributed by atoms with Gasteiger partial charge in [0.05, 0.1) is 5.69 Å². The van der Waals surface area contributed by atoms with Crippen LogP contribution in [-0.4, -0.2) is 22.5 Å². The fraction of sp³-hybridized carbons (Fsp3) is 0.600. The molecule has 1 aromatic heterocycles. The molecule has 0 aromatic carbocycles. The van der Waals surface area contributed by atoms with Crippen LogP contribution in [0.1, 0.15) is 24.4 Å². The van der Waals surface area contributed by atoms with Crippen molar-refractivity contribution in [2.24, 2.45) is 0 Å². The van der Waals surface area contributed by atoms with E-state index in [9.17, 15) is 4.79 Å². The van der Waals surface area contributed by atoms with Gasteiger partial charge >= 0.3 is 0 Å². The van der Waals surface area contributed by atoms with Gasteiger partial charge in [-0.15, -0.1) is 0 Å². The summed E-state index contributed by atoms with van der Waals surface area (Å²) in [7, 11) is 1.83. The van der Waals surface area contributed by atoms with E-state index in [0.29, 0.717) is 6.42 Å². The molecule has 0 unspecified atom stereocenters. The van der Waals surface area contributed by atoms with Crippen LogP contribution in [0.25, 0.3) is 0 Å². The lowest BCUT2D eigenvalue weighted by atomic mass is 10.3. The lowest BCUT2D eigenvalue weighted by Crippen LogP contribution is -2.26. The monoisotopic (exact) mass is 193 g/mol. The molecule has 0 N–H and O–H groups in total. The second kappa shape index (κ2) is 3.12. The van der Waals surface area contributed by atoms with E-state index in [2.05, 4.69) is 9.55 Å². The number of nitrogens with zero attached hydrogens (tertiary/aromatic N) is 3. The van der Waals surface area contributed by atoms with E-state index in [1.54, 1.807) is 4.90 Å². The first kappa shape index (κ1) is 9.24. The Bertz CT molecular complexity index is 381. The highest BCUT2D eigenvalue weighted by Gasteiger charge is 2.22. The minimum Gasteiger partial charge on any atom is -0.315 e. The van der Waals surface area contributed by atoms with Crippen LogP contribution in [-0.2, 0) is 11.3 Å². The number of amides is 1. The number of fused-ring (bicyclic) bond motifs is 1. The Labute approximate surface area is 83.5 Å². The number of carbonyl (C=O) groups excluding carboxylic acids is 1. The van der Waals surface area contributed by atoms with Crippen molar-refractivity contribution in [1.82, 2.24) is 9.55 Å². The molecule has 0 bridgehead atoms. The van der Waals surface area contributed by atoms with E-state index >= 15 is 0 Å². The topological polar surface area (TPSA) is 38.1 Å². The van der Waals surface area contributed by atoms with Gasteiger partial charge in [0.1, 0.15) is 11.6 Å². The maximum absolute atomic E-state index is 11.6. The van der Waals surface area contributed by atoms with Gasteiger partial charge in [-0.1, -0.05) is 0 Å². The van der Waals surface area contributed by atoms with Crippen LogP contribution in [0.4, 0.5) is 5.82 Å². The van der Waals surface area contributed by atoms with Gasteiger partial charge in [0.25, 0.3) is 0 Å². The summed E-state index contributed by atoms with van der Waals surface area (Å²) in [6, 6.07) is 0. The van der Waals surface area contributed by atoms with E-state index < -0.39 is 0 Å². The van der Waals surface area contributed by atoms with Crippen molar-refractivity contribution in [1.29, 1.82) is 0 Å². The number of imidazole rings is 1. The number of aromatic nitrogens is 2. The highest BCUT2D eigenvalue weighted by molar-refractivity contribution is 5.92. The highest BCUT2D eigenvalue weighted by atomic mass is 16.2. The predicted molar refractivity (Wildman–Crippen MR) is 54.3 cm³/mol. The largest absolute Gasteiger partial charge is 0.315 e. The lowest BCUT2D eigenvalue weighted by molar-refractivity contribution is -0.118. The maximum Gasteiger partial charge on any atom is 0.227 e. The van der Waals surface area contributed by atoms with Crippen molar-refractivity contribution in [2.45, 2.75) is 33.2 Å². The second-order valence-electron chi connectivity index (χ2n) is 3.78. The molecular formula is C10H15N3O. The molecule has 0 aliphatic carbocycles. The third-order valence-electron chi connectivity index (χ3n) is 2.76. The van der Waals surface area contributed by atoms with Crippen molar-refractivity contribution >= 4 is 11.7 Å². The number of anilines is 1. The molecule has 2 heterocycles.